The van der Waals surface area contributed by atoms with Crippen LogP contribution in [0.3, 0.4) is 0 Å². The normalized spacial score (nSPS) is 20.6. The van der Waals surface area contributed by atoms with Gasteiger partial charge >= 0.3 is 7.12 Å². The smallest absolute Gasteiger partial charge is 0.490 e. The van der Waals surface area contributed by atoms with Crippen molar-refractivity contribution in [1.82, 2.24) is 0 Å². The van der Waals surface area contributed by atoms with Gasteiger partial charge in [-0.1, -0.05) is 12.1 Å². The van der Waals surface area contributed by atoms with Gasteiger partial charge in [0.2, 0.25) is 0 Å². The molecular formula is C24H30BNO4. The van der Waals surface area contributed by atoms with Gasteiger partial charge < -0.3 is 19.4 Å². The molecule has 0 bridgehead atoms. The SMILES string of the molecule is CC(Oc1ccc(NC(=O)c2cccc(B3OC(C)(C)C(C)(C)O3)c2)cc1)C1CC1. The van der Waals surface area contributed by atoms with Crippen molar-refractivity contribution >= 4 is 24.2 Å². The van der Waals surface area contributed by atoms with E-state index in [0.29, 0.717) is 11.5 Å². The van der Waals surface area contributed by atoms with Crippen LogP contribution in [0.25, 0.3) is 0 Å². The molecular weight excluding hydrogens is 377 g/mol. The summed E-state index contributed by atoms with van der Waals surface area (Å²) < 4.78 is 18.2. The minimum Gasteiger partial charge on any atom is -0.490 e. The number of nitrogens with one attached hydrogen (secondary N) is 1. The second-order valence-corrected chi connectivity index (χ2v) is 9.35. The highest BCUT2D eigenvalue weighted by atomic mass is 16.7. The number of ether oxygens (including phenoxy) is 1. The van der Waals surface area contributed by atoms with E-state index in [1.807, 2.05) is 70.2 Å². The topological polar surface area (TPSA) is 56.8 Å². The predicted molar refractivity (Wildman–Crippen MR) is 119 cm³/mol. The van der Waals surface area contributed by atoms with E-state index in [1.165, 1.54) is 12.8 Å². The average molecular weight is 407 g/mol. The number of hydrogen-bond donors (Lipinski definition) is 1. The summed E-state index contributed by atoms with van der Waals surface area (Å²) in [5.74, 6) is 1.34. The van der Waals surface area contributed by atoms with Gasteiger partial charge in [-0.3, -0.25) is 4.79 Å². The summed E-state index contributed by atoms with van der Waals surface area (Å²) in [6, 6.07) is 14.9. The Morgan fingerprint density at radius 3 is 2.30 bits per heavy atom. The fourth-order valence-electron chi connectivity index (χ4n) is 3.50. The van der Waals surface area contributed by atoms with Gasteiger partial charge in [-0.15, -0.1) is 0 Å². The van der Waals surface area contributed by atoms with Crippen molar-refractivity contribution < 1.29 is 18.8 Å². The zero-order valence-electron chi connectivity index (χ0n) is 18.4. The Labute approximate surface area is 179 Å². The molecule has 2 aromatic carbocycles. The molecule has 2 aliphatic rings. The molecule has 1 aliphatic carbocycles. The highest BCUT2D eigenvalue weighted by Crippen LogP contribution is 2.36. The summed E-state index contributed by atoms with van der Waals surface area (Å²) in [5.41, 5.74) is 1.28. The zero-order valence-corrected chi connectivity index (χ0v) is 18.4. The number of benzene rings is 2. The zero-order chi connectivity index (χ0) is 21.5. The van der Waals surface area contributed by atoms with Gasteiger partial charge in [0.15, 0.2) is 0 Å². The molecule has 1 saturated heterocycles. The molecule has 30 heavy (non-hydrogen) atoms. The van der Waals surface area contributed by atoms with E-state index in [1.54, 1.807) is 6.07 Å². The molecule has 4 rings (SSSR count). The standard InChI is InChI=1S/C24H30BNO4/c1-16(17-9-10-17)28-21-13-11-20(12-14-21)26-22(27)18-7-6-8-19(15-18)25-29-23(2,3)24(4,5)30-25/h6-8,11-17H,9-10H2,1-5H3,(H,26,27). The molecule has 1 aliphatic heterocycles. The van der Waals surface area contributed by atoms with E-state index < -0.39 is 18.3 Å². The summed E-state index contributed by atoms with van der Waals surface area (Å²) in [6.07, 6.45) is 2.74. The molecule has 1 saturated carbocycles. The fourth-order valence-corrected chi connectivity index (χ4v) is 3.50. The van der Waals surface area contributed by atoms with E-state index in [-0.39, 0.29) is 12.0 Å². The van der Waals surface area contributed by atoms with E-state index in [4.69, 9.17) is 14.0 Å². The van der Waals surface area contributed by atoms with Gasteiger partial charge in [0, 0.05) is 11.3 Å². The molecule has 158 valence electrons. The molecule has 0 spiro atoms. The molecule has 6 heteroatoms. The van der Waals surface area contributed by atoms with Gasteiger partial charge in [-0.05, 0) is 95.2 Å². The lowest BCUT2D eigenvalue weighted by Gasteiger charge is -2.32. The number of carbonyl (C=O) groups is 1. The van der Waals surface area contributed by atoms with Crippen LogP contribution in [0.2, 0.25) is 0 Å². The molecule has 1 atom stereocenters. The summed E-state index contributed by atoms with van der Waals surface area (Å²) in [6.45, 7) is 10.2. The molecule has 1 N–H and O–H groups in total. The number of anilines is 1. The van der Waals surface area contributed by atoms with Gasteiger partial charge in [0.25, 0.3) is 5.91 Å². The molecule has 0 aromatic heterocycles. The van der Waals surface area contributed by atoms with Crippen LogP contribution < -0.4 is 15.5 Å². The second-order valence-electron chi connectivity index (χ2n) is 9.35. The highest BCUT2D eigenvalue weighted by Gasteiger charge is 2.51. The fraction of sp³-hybridized carbons (Fsp3) is 0.458. The Kier molecular flexibility index (Phi) is 5.41. The van der Waals surface area contributed by atoms with Gasteiger partial charge in [-0.2, -0.15) is 0 Å². The van der Waals surface area contributed by atoms with Crippen molar-refractivity contribution in [3.8, 4) is 5.75 Å². The van der Waals surface area contributed by atoms with Crippen molar-refractivity contribution in [3.05, 3.63) is 54.1 Å². The molecule has 0 radical (unpaired) electrons. The Balaban J connectivity index is 1.41. The molecule has 1 amide bonds. The maximum absolute atomic E-state index is 12.8. The Bertz CT molecular complexity index is 905. The largest absolute Gasteiger partial charge is 0.494 e. The Hall–Kier alpha value is -2.31. The second kappa shape index (κ2) is 7.75. The lowest BCUT2D eigenvalue weighted by atomic mass is 9.78. The molecule has 2 aromatic rings. The third kappa shape index (κ3) is 4.40. The minimum atomic E-state index is -0.493. The van der Waals surface area contributed by atoms with Crippen molar-refractivity contribution in [2.24, 2.45) is 5.92 Å². The first kappa shape index (κ1) is 20.9. The summed E-state index contributed by atoms with van der Waals surface area (Å²) >= 11 is 0. The maximum Gasteiger partial charge on any atom is 0.494 e. The third-order valence-corrected chi connectivity index (χ3v) is 6.39. The lowest BCUT2D eigenvalue weighted by molar-refractivity contribution is 0.00578. The lowest BCUT2D eigenvalue weighted by Crippen LogP contribution is -2.41. The highest BCUT2D eigenvalue weighted by molar-refractivity contribution is 6.62. The van der Waals surface area contributed by atoms with Crippen LogP contribution in [0.1, 0.15) is 57.8 Å². The Morgan fingerprint density at radius 1 is 1.07 bits per heavy atom. The Morgan fingerprint density at radius 2 is 1.70 bits per heavy atom. The minimum absolute atomic E-state index is 0.173. The van der Waals surface area contributed by atoms with Crippen molar-refractivity contribution in [2.75, 3.05) is 5.32 Å². The van der Waals surface area contributed by atoms with E-state index in [2.05, 4.69) is 12.2 Å². The monoisotopic (exact) mass is 407 g/mol. The number of amides is 1. The molecule has 1 unspecified atom stereocenters. The van der Waals surface area contributed by atoms with Crippen LogP contribution in [-0.2, 0) is 9.31 Å². The average Bonchev–Trinajstić information content (AvgIpc) is 3.51. The van der Waals surface area contributed by atoms with Crippen LogP contribution in [-0.4, -0.2) is 30.3 Å². The van der Waals surface area contributed by atoms with Crippen LogP contribution in [0.5, 0.6) is 5.75 Å². The third-order valence-electron chi connectivity index (χ3n) is 6.39. The molecule has 2 fully saturated rings. The van der Waals surface area contributed by atoms with Gasteiger partial charge in [0.05, 0.1) is 17.3 Å². The molecule has 1 heterocycles. The van der Waals surface area contributed by atoms with Gasteiger partial charge in [-0.25, -0.2) is 0 Å². The van der Waals surface area contributed by atoms with E-state index >= 15 is 0 Å². The van der Waals surface area contributed by atoms with Crippen LogP contribution in [0.4, 0.5) is 5.69 Å². The molecule has 5 nitrogen and oxygen atoms in total. The van der Waals surface area contributed by atoms with Gasteiger partial charge in [0.1, 0.15) is 5.75 Å². The van der Waals surface area contributed by atoms with E-state index in [0.717, 1.165) is 16.9 Å². The summed E-state index contributed by atoms with van der Waals surface area (Å²) in [7, 11) is -0.493. The number of rotatable bonds is 6. The summed E-state index contributed by atoms with van der Waals surface area (Å²) in [5, 5.41) is 2.95. The first-order valence-electron chi connectivity index (χ1n) is 10.7. The summed E-state index contributed by atoms with van der Waals surface area (Å²) in [4.78, 5) is 12.8. The van der Waals surface area contributed by atoms with Crippen molar-refractivity contribution in [3.63, 3.8) is 0 Å². The van der Waals surface area contributed by atoms with Crippen molar-refractivity contribution in [2.45, 2.75) is 64.8 Å². The predicted octanol–water partition coefficient (Wildman–Crippen LogP) is 4.42. The van der Waals surface area contributed by atoms with Crippen LogP contribution in [0, 0.1) is 5.92 Å². The van der Waals surface area contributed by atoms with E-state index in [9.17, 15) is 4.79 Å². The maximum atomic E-state index is 12.8. The van der Waals surface area contributed by atoms with Crippen molar-refractivity contribution in [1.29, 1.82) is 0 Å². The number of carbonyl (C=O) groups excluding carboxylic acids is 1. The van der Waals surface area contributed by atoms with Crippen LogP contribution >= 0.6 is 0 Å². The first-order valence-corrected chi connectivity index (χ1v) is 10.7. The van der Waals surface area contributed by atoms with Crippen LogP contribution in [0.15, 0.2) is 48.5 Å². The number of hydrogen-bond acceptors (Lipinski definition) is 4. The quantitative estimate of drug-likeness (QED) is 0.721. The first-order chi connectivity index (χ1) is 14.1.